The van der Waals surface area contributed by atoms with Crippen molar-refractivity contribution in [2.24, 2.45) is 0 Å². The average Bonchev–Trinajstić information content (AvgIpc) is 2.73. The van der Waals surface area contributed by atoms with Gasteiger partial charge >= 0.3 is 0 Å². The summed E-state index contributed by atoms with van der Waals surface area (Å²) < 4.78 is 11.5. The highest BCUT2D eigenvalue weighted by Crippen LogP contribution is 2.16. The largest absolute Gasteiger partial charge is 0.491 e. The lowest BCUT2D eigenvalue weighted by atomic mass is 10.2. The average molecular weight is 375 g/mol. The number of amides is 1. The Morgan fingerprint density at radius 1 is 0.893 bits per heavy atom. The third kappa shape index (κ3) is 5.88. The van der Waals surface area contributed by atoms with E-state index in [-0.39, 0.29) is 11.9 Å². The first-order valence-corrected chi connectivity index (χ1v) is 9.37. The first-order valence-electron chi connectivity index (χ1n) is 9.37. The van der Waals surface area contributed by atoms with Gasteiger partial charge in [-0.2, -0.15) is 0 Å². The summed E-state index contributed by atoms with van der Waals surface area (Å²) in [6, 6.07) is 24.9. The Bertz CT molecular complexity index is 891. The second-order valence-electron chi connectivity index (χ2n) is 6.80. The Balaban J connectivity index is 1.51. The van der Waals surface area contributed by atoms with Crippen LogP contribution in [0.25, 0.3) is 0 Å². The molecule has 0 heterocycles. The number of nitrogens with one attached hydrogen (secondary N) is 1. The molecule has 28 heavy (non-hydrogen) atoms. The first-order chi connectivity index (χ1) is 13.6. The molecule has 144 valence electrons. The fourth-order valence-corrected chi connectivity index (χ4v) is 2.67. The van der Waals surface area contributed by atoms with Gasteiger partial charge in [-0.05, 0) is 49.7 Å². The Kier molecular flexibility index (Phi) is 6.68. The molecule has 0 saturated carbocycles. The van der Waals surface area contributed by atoms with Crippen LogP contribution in [-0.2, 0) is 6.61 Å². The summed E-state index contributed by atoms with van der Waals surface area (Å²) in [5.74, 6) is 1.31. The Hall–Kier alpha value is -3.27. The summed E-state index contributed by atoms with van der Waals surface area (Å²) in [5.41, 5.74) is 2.83. The molecule has 0 radical (unpaired) electrons. The fraction of sp³-hybridized carbons (Fsp3) is 0.208. The van der Waals surface area contributed by atoms with Gasteiger partial charge < -0.3 is 14.8 Å². The summed E-state index contributed by atoms with van der Waals surface area (Å²) in [5, 5.41) is 2.96. The molecule has 4 nitrogen and oxygen atoms in total. The minimum Gasteiger partial charge on any atom is -0.491 e. The summed E-state index contributed by atoms with van der Waals surface area (Å²) in [7, 11) is 0. The molecule has 0 aromatic heterocycles. The van der Waals surface area contributed by atoms with Gasteiger partial charge in [0.1, 0.15) is 24.7 Å². The molecule has 0 aliphatic carbocycles. The van der Waals surface area contributed by atoms with Crippen LogP contribution in [0.1, 0.15) is 28.4 Å². The van der Waals surface area contributed by atoms with Gasteiger partial charge in [-0.3, -0.25) is 4.79 Å². The zero-order valence-corrected chi connectivity index (χ0v) is 16.2. The number of hydrogen-bond donors (Lipinski definition) is 1. The van der Waals surface area contributed by atoms with Gasteiger partial charge in [0.2, 0.25) is 0 Å². The molecule has 0 bridgehead atoms. The van der Waals surface area contributed by atoms with E-state index in [1.807, 2.05) is 80.6 Å². The van der Waals surface area contributed by atoms with E-state index in [9.17, 15) is 4.79 Å². The second-order valence-corrected chi connectivity index (χ2v) is 6.80. The highest BCUT2D eigenvalue weighted by molar-refractivity contribution is 5.94. The molecular formula is C24H25NO3. The molecule has 3 aromatic carbocycles. The normalized spacial score (nSPS) is 11.5. The van der Waals surface area contributed by atoms with Crippen molar-refractivity contribution in [1.29, 1.82) is 0 Å². The van der Waals surface area contributed by atoms with Gasteiger partial charge in [-0.15, -0.1) is 0 Å². The van der Waals surface area contributed by atoms with E-state index in [0.29, 0.717) is 24.5 Å². The van der Waals surface area contributed by atoms with E-state index >= 15 is 0 Å². The zero-order chi connectivity index (χ0) is 19.8. The SMILES string of the molecule is Cc1ccc(OC[C@@H](C)NC(=O)c2cccc(OCc3ccccc3)c2)cc1. The zero-order valence-electron chi connectivity index (χ0n) is 16.2. The number of hydrogen-bond acceptors (Lipinski definition) is 3. The molecule has 0 fully saturated rings. The van der Waals surface area contributed by atoms with Crippen LogP contribution in [0.4, 0.5) is 0 Å². The topological polar surface area (TPSA) is 47.6 Å². The van der Waals surface area contributed by atoms with Crippen LogP contribution in [-0.4, -0.2) is 18.6 Å². The van der Waals surface area contributed by atoms with Crippen LogP contribution in [0, 0.1) is 6.92 Å². The van der Waals surface area contributed by atoms with Crippen LogP contribution in [0.5, 0.6) is 11.5 Å². The molecule has 0 aliphatic rings. The highest BCUT2D eigenvalue weighted by atomic mass is 16.5. The minimum absolute atomic E-state index is 0.123. The molecule has 0 unspecified atom stereocenters. The Morgan fingerprint density at radius 2 is 1.64 bits per heavy atom. The van der Waals surface area contributed by atoms with Gasteiger partial charge in [0.25, 0.3) is 5.91 Å². The third-order valence-electron chi connectivity index (χ3n) is 4.24. The monoisotopic (exact) mass is 375 g/mol. The lowest BCUT2D eigenvalue weighted by molar-refractivity contribution is 0.0926. The first kappa shape index (κ1) is 19.5. The van der Waals surface area contributed by atoms with Crippen molar-refractivity contribution in [2.75, 3.05) is 6.61 Å². The summed E-state index contributed by atoms with van der Waals surface area (Å²) in [6.07, 6.45) is 0. The van der Waals surface area contributed by atoms with Crippen LogP contribution in [0.15, 0.2) is 78.9 Å². The molecule has 3 aromatic rings. The molecule has 1 atom stereocenters. The lowest BCUT2D eigenvalue weighted by Gasteiger charge is -2.15. The molecule has 0 aliphatic heterocycles. The summed E-state index contributed by atoms with van der Waals surface area (Å²) in [6.45, 7) is 4.82. The Labute approximate surface area is 166 Å². The third-order valence-corrected chi connectivity index (χ3v) is 4.24. The van der Waals surface area contributed by atoms with E-state index in [4.69, 9.17) is 9.47 Å². The van der Waals surface area contributed by atoms with Crippen LogP contribution in [0.2, 0.25) is 0 Å². The Morgan fingerprint density at radius 3 is 2.39 bits per heavy atom. The number of carbonyl (C=O) groups excluding carboxylic acids is 1. The van der Waals surface area contributed by atoms with E-state index in [1.54, 1.807) is 12.1 Å². The van der Waals surface area contributed by atoms with Crippen molar-refractivity contribution in [2.45, 2.75) is 26.5 Å². The van der Waals surface area contributed by atoms with Crippen molar-refractivity contribution < 1.29 is 14.3 Å². The highest BCUT2D eigenvalue weighted by Gasteiger charge is 2.11. The lowest BCUT2D eigenvalue weighted by Crippen LogP contribution is -2.36. The molecule has 3 rings (SSSR count). The van der Waals surface area contributed by atoms with Gasteiger partial charge in [-0.1, -0.05) is 54.1 Å². The molecular weight excluding hydrogens is 350 g/mol. The van der Waals surface area contributed by atoms with Gasteiger partial charge in [0.15, 0.2) is 0 Å². The molecule has 4 heteroatoms. The summed E-state index contributed by atoms with van der Waals surface area (Å²) in [4.78, 5) is 12.5. The number of aryl methyl sites for hydroxylation is 1. The maximum Gasteiger partial charge on any atom is 0.251 e. The van der Waals surface area contributed by atoms with Gasteiger partial charge in [0, 0.05) is 5.56 Å². The van der Waals surface area contributed by atoms with E-state index in [2.05, 4.69) is 5.32 Å². The standard InChI is InChI=1S/C24H25NO3/c1-18-11-13-22(14-12-18)27-16-19(2)25-24(26)21-9-6-10-23(15-21)28-17-20-7-4-3-5-8-20/h3-15,19H,16-17H2,1-2H3,(H,25,26)/t19-/m1/s1. The van der Waals surface area contributed by atoms with Gasteiger partial charge in [-0.25, -0.2) is 0 Å². The molecule has 0 saturated heterocycles. The molecule has 1 amide bonds. The predicted octanol–water partition coefficient (Wildman–Crippen LogP) is 4.77. The van der Waals surface area contributed by atoms with Crippen molar-refractivity contribution in [1.82, 2.24) is 5.32 Å². The van der Waals surface area contributed by atoms with E-state index < -0.39 is 0 Å². The number of carbonyl (C=O) groups is 1. The van der Waals surface area contributed by atoms with Crippen LogP contribution >= 0.6 is 0 Å². The van der Waals surface area contributed by atoms with Crippen LogP contribution in [0.3, 0.4) is 0 Å². The molecule has 0 spiro atoms. The van der Waals surface area contributed by atoms with Crippen molar-refractivity contribution >= 4 is 5.91 Å². The second kappa shape index (κ2) is 9.60. The number of rotatable bonds is 8. The van der Waals surface area contributed by atoms with Crippen LogP contribution < -0.4 is 14.8 Å². The van der Waals surface area contributed by atoms with E-state index in [0.717, 1.165) is 11.3 Å². The minimum atomic E-state index is -0.148. The quantitative estimate of drug-likeness (QED) is 0.617. The molecule has 1 N–H and O–H groups in total. The van der Waals surface area contributed by atoms with Gasteiger partial charge in [0.05, 0.1) is 6.04 Å². The maximum atomic E-state index is 12.5. The van der Waals surface area contributed by atoms with Crippen molar-refractivity contribution in [3.05, 3.63) is 95.6 Å². The fourth-order valence-electron chi connectivity index (χ4n) is 2.67. The van der Waals surface area contributed by atoms with E-state index in [1.165, 1.54) is 5.56 Å². The van der Waals surface area contributed by atoms with Crippen molar-refractivity contribution in [3.8, 4) is 11.5 Å². The number of benzene rings is 3. The smallest absolute Gasteiger partial charge is 0.251 e. The summed E-state index contributed by atoms with van der Waals surface area (Å²) >= 11 is 0. The van der Waals surface area contributed by atoms with Crippen molar-refractivity contribution in [3.63, 3.8) is 0 Å². The number of ether oxygens (including phenoxy) is 2. The predicted molar refractivity (Wildman–Crippen MR) is 111 cm³/mol. The maximum absolute atomic E-state index is 12.5.